The highest BCUT2D eigenvalue weighted by atomic mass is 32.1. The fourth-order valence-corrected chi connectivity index (χ4v) is 2.26. The molecule has 0 aromatic carbocycles. The second-order valence-electron chi connectivity index (χ2n) is 5.52. The second kappa shape index (κ2) is 4.72. The van der Waals surface area contributed by atoms with Gasteiger partial charge in [0.25, 0.3) is 0 Å². The van der Waals surface area contributed by atoms with Gasteiger partial charge in [-0.2, -0.15) is 4.98 Å². The van der Waals surface area contributed by atoms with E-state index in [1.54, 1.807) is 11.3 Å². The van der Waals surface area contributed by atoms with Crippen molar-refractivity contribution in [1.82, 2.24) is 9.97 Å². The summed E-state index contributed by atoms with van der Waals surface area (Å²) in [7, 11) is 1.84. The Balaban J connectivity index is 2.40. The van der Waals surface area contributed by atoms with Crippen LogP contribution in [0.25, 0.3) is 10.2 Å². The van der Waals surface area contributed by atoms with E-state index in [-0.39, 0.29) is 5.41 Å². The minimum absolute atomic E-state index is 0.188. The molecule has 0 aliphatic carbocycles. The summed E-state index contributed by atoms with van der Waals surface area (Å²) < 4.78 is 0. The monoisotopic (exact) mass is 264 g/mol. The molecule has 0 saturated carbocycles. The van der Waals surface area contributed by atoms with Crippen LogP contribution in [0.2, 0.25) is 0 Å². The fourth-order valence-electron chi connectivity index (χ4n) is 1.50. The number of aromatic nitrogens is 2. The Morgan fingerprint density at radius 1 is 1.28 bits per heavy atom. The molecule has 98 valence electrons. The van der Waals surface area contributed by atoms with Crippen molar-refractivity contribution in [3.05, 3.63) is 11.4 Å². The predicted octanol–water partition coefficient (Wildman–Crippen LogP) is 3.58. The van der Waals surface area contributed by atoms with E-state index in [4.69, 9.17) is 0 Å². The largest absolute Gasteiger partial charge is 0.366 e. The van der Waals surface area contributed by atoms with Crippen LogP contribution in [0.3, 0.4) is 0 Å². The molecule has 18 heavy (non-hydrogen) atoms. The summed E-state index contributed by atoms with van der Waals surface area (Å²) in [6, 6.07) is 2.40. The zero-order valence-electron chi connectivity index (χ0n) is 11.5. The van der Waals surface area contributed by atoms with Gasteiger partial charge in [-0.05, 0) is 23.8 Å². The lowest BCUT2D eigenvalue weighted by Crippen LogP contribution is -2.31. The number of thiophene rings is 1. The fraction of sp³-hybridized carbons (Fsp3) is 0.538. The molecule has 0 amide bonds. The molecule has 2 aromatic heterocycles. The van der Waals surface area contributed by atoms with Crippen LogP contribution in [0.15, 0.2) is 11.4 Å². The first-order valence-electron chi connectivity index (χ1n) is 6.11. The van der Waals surface area contributed by atoms with Gasteiger partial charge in [0.2, 0.25) is 5.95 Å². The van der Waals surface area contributed by atoms with Gasteiger partial charge in [0, 0.05) is 13.1 Å². The van der Waals surface area contributed by atoms with E-state index in [9.17, 15) is 0 Å². The lowest BCUT2D eigenvalue weighted by atomic mass is 9.88. The van der Waals surface area contributed by atoms with Crippen molar-refractivity contribution >= 4 is 33.3 Å². The number of hydrogen-bond donors (Lipinski definition) is 2. The summed E-state index contributed by atoms with van der Waals surface area (Å²) in [5.41, 5.74) is 0.188. The molecule has 0 bridgehead atoms. The van der Waals surface area contributed by atoms with Gasteiger partial charge in [-0.25, -0.2) is 4.98 Å². The van der Waals surface area contributed by atoms with Gasteiger partial charge in [0.15, 0.2) is 0 Å². The van der Waals surface area contributed by atoms with Crippen LogP contribution < -0.4 is 10.6 Å². The Morgan fingerprint density at radius 2 is 2.00 bits per heavy atom. The lowest BCUT2D eigenvalue weighted by Gasteiger charge is -2.28. The van der Waals surface area contributed by atoms with E-state index in [0.717, 1.165) is 16.0 Å². The molecule has 0 radical (unpaired) electrons. The van der Waals surface area contributed by atoms with Gasteiger partial charge in [-0.3, -0.25) is 0 Å². The summed E-state index contributed by atoms with van der Waals surface area (Å²) in [6.07, 6.45) is 0. The molecule has 0 aliphatic heterocycles. The van der Waals surface area contributed by atoms with E-state index >= 15 is 0 Å². The van der Waals surface area contributed by atoms with Gasteiger partial charge >= 0.3 is 0 Å². The summed E-state index contributed by atoms with van der Waals surface area (Å²) in [5, 5.41) is 9.65. The first-order valence-corrected chi connectivity index (χ1v) is 6.99. The number of nitrogens with one attached hydrogen (secondary N) is 2. The molecule has 2 N–H and O–H groups in total. The quantitative estimate of drug-likeness (QED) is 0.889. The first kappa shape index (κ1) is 13.1. The average Bonchev–Trinajstić information content (AvgIpc) is 2.75. The van der Waals surface area contributed by atoms with Crippen LogP contribution in [-0.2, 0) is 0 Å². The maximum absolute atomic E-state index is 4.52. The Hall–Kier alpha value is -1.36. The van der Waals surface area contributed by atoms with Crippen LogP contribution in [0.1, 0.15) is 27.7 Å². The van der Waals surface area contributed by atoms with Gasteiger partial charge in [-0.1, -0.05) is 20.8 Å². The molecular formula is C13H20N4S. The van der Waals surface area contributed by atoms with Crippen molar-refractivity contribution in [3.8, 4) is 0 Å². The Labute approximate surface area is 112 Å². The Kier molecular flexibility index (Phi) is 3.43. The predicted molar refractivity (Wildman–Crippen MR) is 79.5 cm³/mol. The van der Waals surface area contributed by atoms with Crippen LogP contribution in [-0.4, -0.2) is 23.1 Å². The van der Waals surface area contributed by atoms with Gasteiger partial charge in [0.1, 0.15) is 10.6 Å². The number of fused-ring (bicyclic) bond motifs is 1. The van der Waals surface area contributed by atoms with Crippen molar-refractivity contribution in [1.29, 1.82) is 0 Å². The second-order valence-corrected chi connectivity index (χ2v) is 6.41. The zero-order valence-corrected chi connectivity index (χ0v) is 12.4. The average molecular weight is 264 g/mol. The Bertz CT molecular complexity index is 541. The summed E-state index contributed by atoms with van der Waals surface area (Å²) in [5.74, 6) is 1.57. The third-order valence-corrected chi connectivity index (χ3v) is 4.01. The maximum atomic E-state index is 4.52. The highest BCUT2D eigenvalue weighted by molar-refractivity contribution is 7.16. The molecule has 1 unspecified atom stereocenters. The van der Waals surface area contributed by atoms with Crippen molar-refractivity contribution in [2.75, 3.05) is 17.7 Å². The molecule has 2 rings (SSSR count). The molecular weight excluding hydrogens is 244 g/mol. The molecule has 1 atom stereocenters. The lowest BCUT2D eigenvalue weighted by molar-refractivity contribution is 0.359. The molecule has 0 saturated heterocycles. The Morgan fingerprint density at radius 3 is 2.61 bits per heavy atom. The third kappa shape index (κ3) is 2.56. The summed E-state index contributed by atoms with van der Waals surface area (Å²) >= 11 is 1.63. The summed E-state index contributed by atoms with van der Waals surface area (Å²) in [6.45, 7) is 8.83. The molecule has 2 heterocycles. The number of hydrogen-bond acceptors (Lipinski definition) is 5. The van der Waals surface area contributed by atoms with Crippen molar-refractivity contribution < 1.29 is 0 Å². The van der Waals surface area contributed by atoms with E-state index in [2.05, 4.69) is 54.4 Å². The topological polar surface area (TPSA) is 49.8 Å². The van der Waals surface area contributed by atoms with Gasteiger partial charge < -0.3 is 10.6 Å². The standard InChI is InChI=1S/C13H20N4S/c1-8(13(2,3)4)15-10-9-6-7-18-11(9)17-12(14-5)16-10/h6-8H,1-5H3,(H2,14,15,16,17). The molecule has 2 aromatic rings. The molecule has 4 nitrogen and oxygen atoms in total. The van der Waals surface area contributed by atoms with Gasteiger partial charge in [-0.15, -0.1) is 11.3 Å². The molecule has 0 spiro atoms. The molecule has 0 aliphatic rings. The van der Waals surface area contributed by atoms with E-state index in [1.165, 1.54) is 0 Å². The normalized spacial score (nSPS) is 13.6. The zero-order chi connectivity index (χ0) is 13.3. The summed E-state index contributed by atoms with van der Waals surface area (Å²) in [4.78, 5) is 9.97. The number of anilines is 2. The van der Waals surface area contributed by atoms with E-state index in [0.29, 0.717) is 12.0 Å². The molecule has 5 heteroatoms. The highest BCUT2D eigenvalue weighted by Gasteiger charge is 2.21. The minimum atomic E-state index is 0.188. The van der Waals surface area contributed by atoms with Crippen molar-refractivity contribution in [3.63, 3.8) is 0 Å². The van der Waals surface area contributed by atoms with Crippen LogP contribution in [0.4, 0.5) is 11.8 Å². The van der Waals surface area contributed by atoms with Crippen molar-refractivity contribution in [2.45, 2.75) is 33.7 Å². The SMILES string of the molecule is CNc1nc(NC(C)C(C)(C)C)c2ccsc2n1. The van der Waals surface area contributed by atoms with Crippen LogP contribution >= 0.6 is 11.3 Å². The van der Waals surface area contributed by atoms with Crippen LogP contribution in [0.5, 0.6) is 0 Å². The minimum Gasteiger partial charge on any atom is -0.366 e. The number of rotatable bonds is 3. The van der Waals surface area contributed by atoms with E-state index < -0.39 is 0 Å². The smallest absolute Gasteiger partial charge is 0.225 e. The van der Waals surface area contributed by atoms with Crippen LogP contribution in [0, 0.1) is 5.41 Å². The third-order valence-electron chi connectivity index (χ3n) is 3.20. The first-order chi connectivity index (χ1) is 8.41. The maximum Gasteiger partial charge on any atom is 0.225 e. The van der Waals surface area contributed by atoms with E-state index in [1.807, 2.05) is 12.4 Å². The molecule has 0 fully saturated rings. The van der Waals surface area contributed by atoms with Crippen molar-refractivity contribution in [2.24, 2.45) is 5.41 Å². The van der Waals surface area contributed by atoms with Gasteiger partial charge in [0.05, 0.1) is 5.39 Å². The number of nitrogens with zero attached hydrogens (tertiary/aromatic N) is 2. The highest BCUT2D eigenvalue weighted by Crippen LogP contribution is 2.29.